The molecule has 2 heteroatoms. The molecule has 0 atom stereocenters. The smallest absolute Gasteiger partial charge is 0.0683 e. The molecule has 2 fully saturated rings. The molecule has 1 nitrogen and oxygen atoms in total. The van der Waals surface area contributed by atoms with Gasteiger partial charge in [-0.15, -0.1) is 0 Å². The highest BCUT2D eigenvalue weighted by Gasteiger charge is 2.34. The van der Waals surface area contributed by atoms with Gasteiger partial charge in [0.2, 0.25) is 0 Å². The van der Waals surface area contributed by atoms with Crippen molar-refractivity contribution in [1.29, 1.82) is 0 Å². The van der Waals surface area contributed by atoms with E-state index in [1.54, 1.807) is 0 Å². The lowest BCUT2D eigenvalue weighted by molar-refractivity contribution is 0.144. The summed E-state index contributed by atoms with van der Waals surface area (Å²) < 4.78 is 0. The summed E-state index contributed by atoms with van der Waals surface area (Å²) in [6, 6.07) is 0. The van der Waals surface area contributed by atoms with Gasteiger partial charge in [0.05, 0.1) is 10.7 Å². The highest BCUT2D eigenvalue weighted by Crippen LogP contribution is 2.43. The SMILES string of the molecule is CC1CCC(C2CCC(C)(N=C=S)CC2)CC1. The summed E-state index contributed by atoms with van der Waals surface area (Å²) in [5.74, 6) is 2.95. The Morgan fingerprint density at radius 2 is 1.53 bits per heavy atom. The molecule has 0 radical (unpaired) electrons. The van der Waals surface area contributed by atoms with E-state index in [2.05, 4.69) is 24.0 Å². The summed E-state index contributed by atoms with van der Waals surface area (Å²) in [6.07, 6.45) is 11.0. The average molecular weight is 251 g/mol. The van der Waals surface area contributed by atoms with Crippen molar-refractivity contribution in [3.05, 3.63) is 0 Å². The van der Waals surface area contributed by atoms with Crippen LogP contribution in [0, 0.1) is 17.8 Å². The molecule has 2 saturated carbocycles. The fourth-order valence-electron chi connectivity index (χ4n) is 3.71. The number of rotatable bonds is 2. The van der Waals surface area contributed by atoms with Crippen LogP contribution in [0.2, 0.25) is 0 Å². The van der Waals surface area contributed by atoms with E-state index >= 15 is 0 Å². The molecule has 0 bridgehead atoms. The number of aliphatic imine (C=N–C) groups is 1. The third kappa shape index (κ3) is 3.39. The lowest BCUT2D eigenvalue weighted by Gasteiger charge is -2.39. The van der Waals surface area contributed by atoms with E-state index in [4.69, 9.17) is 12.2 Å². The van der Waals surface area contributed by atoms with Crippen LogP contribution in [0.5, 0.6) is 0 Å². The van der Waals surface area contributed by atoms with Gasteiger partial charge in [-0.2, -0.15) is 0 Å². The molecule has 0 aromatic carbocycles. The highest BCUT2D eigenvalue weighted by atomic mass is 32.1. The minimum atomic E-state index is 0.111. The van der Waals surface area contributed by atoms with Crippen molar-refractivity contribution < 1.29 is 0 Å². The van der Waals surface area contributed by atoms with Crippen LogP contribution >= 0.6 is 12.2 Å². The van der Waals surface area contributed by atoms with Gasteiger partial charge in [0, 0.05) is 0 Å². The normalized spacial score (nSPS) is 42.8. The minimum Gasteiger partial charge on any atom is -0.226 e. The van der Waals surface area contributed by atoms with Gasteiger partial charge < -0.3 is 0 Å². The Hall–Kier alpha value is -0.200. The summed E-state index contributed by atoms with van der Waals surface area (Å²) in [4.78, 5) is 4.37. The van der Waals surface area contributed by atoms with Crippen molar-refractivity contribution in [3.8, 4) is 0 Å². The van der Waals surface area contributed by atoms with Crippen LogP contribution in [0.15, 0.2) is 4.99 Å². The first-order valence-corrected chi connectivity index (χ1v) is 7.63. The topological polar surface area (TPSA) is 12.4 Å². The van der Waals surface area contributed by atoms with E-state index in [1.165, 1.54) is 51.4 Å². The van der Waals surface area contributed by atoms with Crippen molar-refractivity contribution in [2.24, 2.45) is 22.7 Å². The van der Waals surface area contributed by atoms with Crippen LogP contribution in [0.3, 0.4) is 0 Å². The quantitative estimate of drug-likeness (QED) is 0.504. The van der Waals surface area contributed by atoms with Crippen molar-refractivity contribution in [1.82, 2.24) is 0 Å². The van der Waals surface area contributed by atoms with E-state index in [0.717, 1.165) is 17.8 Å². The third-order valence-corrected chi connectivity index (χ3v) is 5.24. The van der Waals surface area contributed by atoms with E-state index in [9.17, 15) is 0 Å². The molecule has 0 amide bonds. The van der Waals surface area contributed by atoms with Crippen LogP contribution in [0.25, 0.3) is 0 Å². The Morgan fingerprint density at radius 1 is 1.00 bits per heavy atom. The monoisotopic (exact) mass is 251 g/mol. The second kappa shape index (κ2) is 5.63. The van der Waals surface area contributed by atoms with Crippen LogP contribution in [0.1, 0.15) is 65.2 Å². The lowest BCUT2D eigenvalue weighted by atomic mass is 9.68. The maximum absolute atomic E-state index is 4.76. The Bertz CT molecular complexity index is 290. The summed E-state index contributed by atoms with van der Waals surface area (Å²) in [7, 11) is 0. The summed E-state index contributed by atoms with van der Waals surface area (Å²) in [5.41, 5.74) is 0.111. The van der Waals surface area contributed by atoms with Gasteiger partial charge in [-0.05, 0) is 75.4 Å². The number of hydrogen-bond donors (Lipinski definition) is 0. The molecular weight excluding hydrogens is 226 g/mol. The molecule has 17 heavy (non-hydrogen) atoms. The Labute approximate surface area is 111 Å². The molecule has 2 aliphatic rings. The Morgan fingerprint density at radius 3 is 2.06 bits per heavy atom. The van der Waals surface area contributed by atoms with Gasteiger partial charge in [0.1, 0.15) is 0 Å². The van der Waals surface area contributed by atoms with E-state index in [0.29, 0.717) is 0 Å². The van der Waals surface area contributed by atoms with Gasteiger partial charge in [0.25, 0.3) is 0 Å². The predicted octanol–water partition coefficient (Wildman–Crippen LogP) is 4.86. The molecule has 0 unspecified atom stereocenters. The molecule has 0 aliphatic heterocycles. The van der Waals surface area contributed by atoms with Crippen LogP contribution < -0.4 is 0 Å². The van der Waals surface area contributed by atoms with Crippen LogP contribution in [-0.2, 0) is 0 Å². The van der Waals surface area contributed by atoms with Crippen molar-refractivity contribution >= 4 is 17.4 Å². The van der Waals surface area contributed by atoms with Crippen LogP contribution in [-0.4, -0.2) is 10.7 Å². The third-order valence-electron chi connectivity index (χ3n) is 5.15. The zero-order chi connectivity index (χ0) is 12.3. The molecule has 0 aromatic heterocycles. The highest BCUT2D eigenvalue weighted by molar-refractivity contribution is 7.78. The first-order chi connectivity index (χ1) is 8.13. The Balaban J connectivity index is 1.84. The fraction of sp³-hybridized carbons (Fsp3) is 0.933. The van der Waals surface area contributed by atoms with Gasteiger partial charge >= 0.3 is 0 Å². The van der Waals surface area contributed by atoms with Gasteiger partial charge in [-0.1, -0.05) is 19.8 Å². The maximum atomic E-state index is 4.76. The second-order valence-electron chi connectivity index (χ2n) is 6.56. The standard InChI is InChI=1S/C15H25NS/c1-12-3-5-13(6-4-12)14-7-9-15(2,10-8-14)16-11-17/h12-14H,3-10H2,1-2H3. The minimum absolute atomic E-state index is 0.111. The van der Waals surface area contributed by atoms with E-state index < -0.39 is 0 Å². The molecule has 2 rings (SSSR count). The molecule has 0 N–H and O–H groups in total. The van der Waals surface area contributed by atoms with Crippen LogP contribution in [0.4, 0.5) is 0 Å². The predicted molar refractivity (Wildman–Crippen MR) is 76.5 cm³/mol. The summed E-state index contributed by atoms with van der Waals surface area (Å²) >= 11 is 4.76. The molecule has 0 saturated heterocycles. The lowest BCUT2D eigenvalue weighted by Crippen LogP contribution is -2.32. The largest absolute Gasteiger partial charge is 0.226 e. The van der Waals surface area contributed by atoms with Gasteiger partial charge in [0.15, 0.2) is 0 Å². The zero-order valence-corrected chi connectivity index (χ0v) is 12.1. The number of hydrogen-bond acceptors (Lipinski definition) is 2. The van der Waals surface area contributed by atoms with E-state index in [-0.39, 0.29) is 5.54 Å². The summed E-state index contributed by atoms with van der Waals surface area (Å²) in [5, 5.41) is 2.59. The molecule has 96 valence electrons. The summed E-state index contributed by atoms with van der Waals surface area (Å²) in [6.45, 7) is 4.65. The molecular formula is C15H25NS. The first-order valence-electron chi connectivity index (χ1n) is 7.22. The number of nitrogens with zero attached hydrogens (tertiary/aromatic N) is 1. The zero-order valence-electron chi connectivity index (χ0n) is 11.2. The number of isothiocyanates is 1. The molecule has 0 aromatic rings. The average Bonchev–Trinajstić information content (AvgIpc) is 2.31. The first kappa shape index (κ1) is 13.2. The molecule has 0 heterocycles. The van der Waals surface area contributed by atoms with Gasteiger partial charge in [-0.3, -0.25) is 0 Å². The maximum Gasteiger partial charge on any atom is 0.0683 e. The van der Waals surface area contributed by atoms with Crippen molar-refractivity contribution in [2.75, 3.05) is 0 Å². The van der Waals surface area contributed by atoms with E-state index in [1.807, 2.05) is 0 Å². The molecule has 0 spiro atoms. The Kier molecular flexibility index (Phi) is 4.38. The van der Waals surface area contributed by atoms with Crippen molar-refractivity contribution in [3.63, 3.8) is 0 Å². The molecule has 2 aliphatic carbocycles. The van der Waals surface area contributed by atoms with Crippen molar-refractivity contribution in [2.45, 2.75) is 70.8 Å². The second-order valence-corrected chi connectivity index (χ2v) is 6.74. The number of thiocarbonyl (C=S) groups is 1. The van der Waals surface area contributed by atoms with Gasteiger partial charge in [-0.25, -0.2) is 4.99 Å². The fourth-order valence-corrected chi connectivity index (χ4v) is 3.93.